The van der Waals surface area contributed by atoms with Gasteiger partial charge in [0.15, 0.2) is 0 Å². The van der Waals surface area contributed by atoms with Crippen LogP contribution in [0.4, 0.5) is 15.8 Å². The van der Waals surface area contributed by atoms with Crippen LogP contribution in [0.1, 0.15) is 5.56 Å². The Hall–Kier alpha value is -2.85. The summed E-state index contributed by atoms with van der Waals surface area (Å²) in [7, 11) is -3.96. The lowest BCUT2D eigenvalue weighted by atomic mass is 10.2. The molecule has 0 atom stereocenters. The molecule has 0 fully saturated rings. The average molecular weight is 367 g/mol. The Balaban J connectivity index is 1.96. The van der Waals surface area contributed by atoms with E-state index in [0.29, 0.717) is 5.69 Å². The third kappa shape index (κ3) is 5.62. The Kier molecular flexibility index (Phi) is 5.78. The number of sulfonamides is 1. The number of rotatable bonds is 7. The number of nitro groups is 1. The Morgan fingerprint density at radius 3 is 2.40 bits per heavy atom. The first-order chi connectivity index (χ1) is 11.8. The minimum Gasteiger partial charge on any atom is -0.325 e. The Morgan fingerprint density at radius 1 is 1.12 bits per heavy atom. The monoisotopic (exact) mass is 367 g/mol. The van der Waals surface area contributed by atoms with E-state index in [-0.39, 0.29) is 11.3 Å². The number of carbonyl (C=O) groups is 1. The molecular weight excluding hydrogens is 353 g/mol. The lowest BCUT2D eigenvalue weighted by Gasteiger charge is -2.08. The summed E-state index contributed by atoms with van der Waals surface area (Å²) >= 11 is 0. The third-order valence-electron chi connectivity index (χ3n) is 3.11. The van der Waals surface area contributed by atoms with Gasteiger partial charge >= 0.3 is 0 Å². The van der Waals surface area contributed by atoms with Gasteiger partial charge in [0.2, 0.25) is 15.9 Å². The van der Waals surface area contributed by atoms with Gasteiger partial charge in [-0.05, 0) is 24.3 Å². The molecule has 2 N–H and O–H groups in total. The molecule has 0 saturated carbocycles. The minimum atomic E-state index is -3.96. The van der Waals surface area contributed by atoms with E-state index in [1.54, 1.807) is 0 Å². The third-order valence-corrected chi connectivity index (χ3v) is 4.39. The fraction of sp³-hybridized carbons (Fsp3) is 0.133. The molecule has 0 bridgehead atoms. The topological polar surface area (TPSA) is 118 Å². The molecule has 0 radical (unpaired) electrons. The highest BCUT2D eigenvalue weighted by Gasteiger charge is 2.20. The number of hydrogen-bond acceptors (Lipinski definition) is 5. The van der Waals surface area contributed by atoms with Crippen molar-refractivity contribution in [3.8, 4) is 0 Å². The van der Waals surface area contributed by atoms with Crippen LogP contribution in [0.15, 0.2) is 48.5 Å². The largest absolute Gasteiger partial charge is 0.325 e. The van der Waals surface area contributed by atoms with Gasteiger partial charge in [-0.2, -0.15) is 0 Å². The number of nitrogens with zero attached hydrogens (tertiary/aromatic N) is 1. The van der Waals surface area contributed by atoms with E-state index in [9.17, 15) is 27.7 Å². The number of benzene rings is 2. The van der Waals surface area contributed by atoms with Crippen molar-refractivity contribution in [3.63, 3.8) is 0 Å². The quantitative estimate of drug-likeness (QED) is 0.571. The molecule has 132 valence electrons. The molecule has 0 heterocycles. The van der Waals surface area contributed by atoms with E-state index >= 15 is 0 Å². The van der Waals surface area contributed by atoms with E-state index in [1.807, 2.05) is 0 Å². The molecule has 0 spiro atoms. The maximum Gasteiger partial charge on any atom is 0.273 e. The summed E-state index contributed by atoms with van der Waals surface area (Å²) in [6, 6.07) is 10.4. The molecule has 2 aromatic rings. The van der Waals surface area contributed by atoms with Crippen LogP contribution in [0.25, 0.3) is 0 Å². The van der Waals surface area contributed by atoms with Crippen molar-refractivity contribution in [3.05, 3.63) is 70.0 Å². The first kappa shape index (κ1) is 18.5. The maximum absolute atomic E-state index is 12.8. The van der Waals surface area contributed by atoms with E-state index in [0.717, 1.165) is 12.1 Å². The standard InChI is InChI=1S/C15H14FN3O5S/c16-12-5-7-13(8-6-12)18-15(20)9-17-25(23,24)10-11-3-1-2-4-14(11)19(21)22/h1-8,17H,9-10H2,(H,18,20). The van der Waals surface area contributed by atoms with Gasteiger partial charge < -0.3 is 5.32 Å². The number of carbonyl (C=O) groups excluding carboxylic acids is 1. The molecule has 2 aromatic carbocycles. The fourth-order valence-corrected chi connectivity index (χ4v) is 3.09. The van der Waals surface area contributed by atoms with Crippen molar-refractivity contribution in [1.82, 2.24) is 4.72 Å². The van der Waals surface area contributed by atoms with Gasteiger partial charge in [0.1, 0.15) is 5.82 Å². The number of nitrogens with one attached hydrogen (secondary N) is 2. The minimum absolute atomic E-state index is 0.0129. The van der Waals surface area contributed by atoms with E-state index in [4.69, 9.17) is 0 Å². The van der Waals surface area contributed by atoms with Gasteiger partial charge in [-0.1, -0.05) is 18.2 Å². The van der Waals surface area contributed by atoms with Crippen LogP contribution in [0.5, 0.6) is 0 Å². The molecule has 0 unspecified atom stereocenters. The first-order valence-corrected chi connectivity index (χ1v) is 8.67. The number of amides is 1. The van der Waals surface area contributed by atoms with Crippen molar-refractivity contribution in [1.29, 1.82) is 0 Å². The van der Waals surface area contributed by atoms with Crippen molar-refractivity contribution < 1.29 is 22.5 Å². The number of para-hydroxylation sites is 1. The van der Waals surface area contributed by atoms with Crippen LogP contribution in [0.3, 0.4) is 0 Å². The summed E-state index contributed by atoms with van der Waals surface area (Å²) in [5.41, 5.74) is 0.00637. The smallest absolute Gasteiger partial charge is 0.273 e. The molecule has 0 aliphatic carbocycles. The summed E-state index contributed by atoms with van der Waals surface area (Å²) in [6.45, 7) is -0.555. The van der Waals surface area contributed by atoms with E-state index < -0.39 is 39.0 Å². The highest BCUT2D eigenvalue weighted by Crippen LogP contribution is 2.19. The summed E-state index contributed by atoms with van der Waals surface area (Å²) in [4.78, 5) is 22.0. The maximum atomic E-state index is 12.8. The lowest BCUT2D eigenvalue weighted by Crippen LogP contribution is -2.33. The number of nitro benzene ring substituents is 1. The molecule has 10 heteroatoms. The molecule has 0 saturated heterocycles. The zero-order valence-corrected chi connectivity index (χ0v) is 13.6. The zero-order valence-electron chi connectivity index (χ0n) is 12.8. The highest BCUT2D eigenvalue weighted by molar-refractivity contribution is 7.88. The van der Waals surface area contributed by atoms with Crippen LogP contribution in [0.2, 0.25) is 0 Å². The van der Waals surface area contributed by atoms with E-state index in [1.165, 1.54) is 36.4 Å². The van der Waals surface area contributed by atoms with Crippen molar-refractivity contribution in [2.75, 3.05) is 11.9 Å². The summed E-state index contributed by atoms with van der Waals surface area (Å²) < 4.78 is 38.9. The van der Waals surface area contributed by atoms with Crippen molar-refractivity contribution in [2.45, 2.75) is 5.75 Å². The predicted octanol–water partition coefficient (Wildman–Crippen LogP) is 1.79. The molecule has 0 aliphatic heterocycles. The normalized spacial score (nSPS) is 11.1. The van der Waals surface area contributed by atoms with Gasteiger partial charge in [-0.25, -0.2) is 17.5 Å². The van der Waals surface area contributed by atoms with Gasteiger partial charge in [-0.15, -0.1) is 0 Å². The van der Waals surface area contributed by atoms with Gasteiger partial charge in [0.25, 0.3) is 5.69 Å². The second-order valence-corrected chi connectivity index (χ2v) is 6.83. The zero-order chi connectivity index (χ0) is 18.4. The van der Waals surface area contributed by atoms with Crippen molar-refractivity contribution in [2.24, 2.45) is 0 Å². The van der Waals surface area contributed by atoms with Crippen LogP contribution in [0, 0.1) is 15.9 Å². The summed E-state index contributed by atoms with van der Waals surface area (Å²) in [5.74, 6) is -1.76. The second-order valence-electron chi connectivity index (χ2n) is 5.02. The summed E-state index contributed by atoms with van der Waals surface area (Å²) in [6.07, 6.45) is 0. The van der Waals surface area contributed by atoms with Crippen LogP contribution >= 0.6 is 0 Å². The van der Waals surface area contributed by atoms with Gasteiger partial charge in [0, 0.05) is 17.3 Å². The first-order valence-electron chi connectivity index (χ1n) is 7.02. The second kappa shape index (κ2) is 7.81. The lowest BCUT2D eigenvalue weighted by molar-refractivity contribution is -0.385. The Bertz CT molecular complexity index is 884. The molecule has 0 aliphatic rings. The Labute approximate surface area is 142 Å². The fourth-order valence-electron chi connectivity index (χ4n) is 1.98. The molecule has 8 nitrogen and oxygen atoms in total. The molecule has 25 heavy (non-hydrogen) atoms. The summed E-state index contributed by atoms with van der Waals surface area (Å²) in [5, 5.41) is 13.3. The molecular formula is C15H14FN3O5S. The molecule has 1 amide bonds. The predicted molar refractivity (Wildman–Crippen MR) is 88.8 cm³/mol. The SMILES string of the molecule is O=C(CNS(=O)(=O)Cc1ccccc1[N+](=O)[O-])Nc1ccc(F)cc1. The van der Waals surface area contributed by atoms with Crippen LogP contribution in [-0.2, 0) is 20.6 Å². The number of hydrogen-bond donors (Lipinski definition) is 2. The molecule has 0 aromatic heterocycles. The Morgan fingerprint density at radius 2 is 1.76 bits per heavy atom. The molecule has 2 rings (SSSR count). The number of anilines is 1. The van der Waals surface area contributed by atoms with E-state index in [2.05, 4.69) is 10.0 Å². The van der Waals surface area contributed by atoms with Crippen LogP contribution < -0.4 is 10.0 Å². The average Bonchev–Trinajstić information content (AvgIpc) is 2.55. The van der Waals surface area contributed by atoms with Crippen molar-refractivity contribution >= 4 is 27.3 Å². The van der Waals surface area contributed by atoms with Gasteiger partial charge in [0.05, 0.1) is 17.2 Å². The van der Waals surface area contributed by atoms with Crippen LogP contribution in [-0.4, -0.2) is 25.8 Å². The van der Waals surface area contributed by atoms with Gasteiger partial charge in [-0.3, -0.25) is 14.9 Å². The number of halogens is 1. The highest BCUT2D eigenvalue weighted by atomic mass is 32.2.